The van der Waals surface area contributed by atoms with Crippen molar-refractivity contribution in [1.29, 1.82) is 0 Å². The number of sulfonamides is 1. The van der Waals surface area contributed by atoms with Crippen molar-refractivity contribution in [3.63, 3.8) is 0 Å². The number of hydrogen-bond donors (Lipinski definition) is 1. The fraction of sp³-hybridized carbons (Fsp3) is 0.316. The first-order valence-electron chi connectivity index (χ1n) is 8.84. The van der Waals surface area contributed by atoms with Crippen LogP contribution in [-0.2, 0) is 26.2 Å². The first kappa shape index (κ1) is 17.8. The van der Waals surface area contributed by atoms with Gasteiger partial charge in [-0.2, -0.15) is 0 Å². The molecule has 1 aromatic carbocycles. The number of carbonyl (C=O) groups is 2. The maximum absolute atomic E-state index is 12.5. The van der Waals surface area contributed by atoms with E-state index in [0.29, 0.717) is 11.6 Å². The molecule has 1 aliphatic carbocycles. The molecule has 2 fully saturated rings. The van der Waals surface area contributed by atoms with Gasteiger partial charge in [-0.1, -0.05) is 6.07 Å². The maximum atomic E-state index is 12.5. The van der Waals surface area contributed by atoms with Crippen molar-refractivity contribution in [3.8, 4) is 0 Å². The summed E-state index contributed by atoms with van der Waals surface area (Å²) < 4.78 is 27.5. The normalized spacial score (nSPS) is 17.6. The number of hydrogen-bond acceptors (Lipinski definition) is 5. The second-order valence-corrected chi connectivity index (χ2v) is 8.57. The van der Waals surface area contributed by atoms with E-state index >= 15 is 0 Å². The fourth-order valence-electron chi connectivity index (χ4n) is 3.06. The third-order valence-electron chi connectivity index (χ3n) is 4.77. The lowest BCUT2D eigenvalue weighted by molar-refractivity contribution is -0.121. The van der Waals surface area contributed by atoms with E-state index in [1.54, 1.807) is 6.20 Å². The Balaban J connectivity index is 1.43. The minimum Gasteiger partial charge on any atom is -0.274 e. The molecule has 1 aromatic heterocycles. The summed E-state index contributed by atoms with van der Waals surface area (Å²) in [6.45, 7) is 0.144. The van der Waals surface area contributed by atoms with Crippen molar-refractivity contribution in [3.05, 3.63) is 53.9 Å². The van der Waals surface area contributed by atoms with Gasteiger partial charge in [0.15, 0.2) is 0 Å². The smallest absolute Gasteiger partial charge is 0.240 e. The third-order valence-corrected chi connectivity index (χ3v) is 6.18. The van der Waals surface area contributed by atoms with E-state index in [1.807, 2.05) is 12.1 Å². The quantitative estimate of drug-likeness (QED) is 0.768. The standard InChI is InChI=1S/C19H19N3O4S/c23-18-9-10-19(24)22(18)15-4-6-16(7-5-15)27(25,26)21-12-13-1-8-17(20-11-13)14-2-3-14/h1,4-8,11,14,21H,2-3,9-10,12H2. The Morgan fingerprint density at radius 1 is 1.00 bits per heavy atom. The zero-order valence-corrected chi connectivity index (χ0v) is 15.4. The van der Waals surface area contributed by atoms with Gasteiger partial charge in [0.05, 0.1) is 10.6 Å². The van der Waals surface area contributed by atoms with Gasteiger partial charge in [-0.25, -0.2) is 13.1 Å². The largest absolute Gasteiger partial charge is 0.274 e. The molecule has 1 saturated carbocycles. The number of pyridine rings is 1. The molecule has 0 bridgehead atoms. The van der Waals surface area contributed by atoms with Gasteiger partial charge >= 0.3 is 0 Å². The summed E-state index contributed by atoms with van der Waals surface area (Å²) in [7, 11) is -3.71. The number of nitrogens with zero attached hydrogens (tertiary/aromatic N) is 2. The molecule has 27 heavy (non-hydrogen) atoms. The molecule has 0 spiro atoms. The Morgan fingerprint density at radius 2 is 1.67 bits per heavy atom. The Kier molecular flexibility index (Phi) is 4.53. The summed E-state index contributed by atoms with van der Waals surface area (Å²) in [5.74, 6) is 0.0235. The van der Waals surface area contributed by atoms with Gasteiger partial charge in [0, 0.05) is 37.2 Å². The summed E-state index contributed by atoms with van der Waals surface area (Å²) in [5, 5.41) is 0. The number of rotatable bonds is 6. The van der Waals surface area contributed by atoms with Crippen molar-refractivity contribution >= 4 is 27.5 Å². The Hall–Kier alpha value is -2.58. The molecule has 2 aliphatic rings. The Labute approximate surface area is 157 Å². The maximum Gasteiger partial charge on any atom is 0.240 e. The van der Waals surface area contributed by atoms with E-state index in [1.165, 1.54) is 37.1 Å². The Morgan fingerprint density at radius 3 is 2.22 bits per heavy atom. The van der Waals surface area contributed by atoms with Gasteiger partial charge in [-0.05, 0) is 48.7 Å². The van der Waals surface area contributed by atoms with E-state index < -0.39 is 10.0 Å². The number of benzene rings is 1. The Bertz CT molecular complexity index is 965. The van der Waals surface area contributed by atoms with Gasteiger partial charge < -0.3 is 0 Å². The van der Waals surface area contributed by atoms with Crippen LogP contribution < -0.4 is 9.62 Å². The highest BCUT2D eigenvalue weighted by molar-refractivity contribution is 7.89. The number of nitrogens with one attached hydrogen (secondary N) is 1. The van der Waals surface area contributed by atoms with Crippen LogP contribution in [0.25, 0.3) is 0 Å². The lowest BCUT2D eigenvalue weighted by atomic mass is 10.2. The monoisotopic (exact) mass is 385 g/mol. The second-order valence-electron chi connectivity index (χ2n) is 6.81. The minimum absolute atomic E-state index is 0.0768. The zero-order chi connectivity index (χ0) is 19.0. The van der Waals surface area contributed by atoms with Gasteiger partial charge in [-0.3, -0.25) is 19.5 Å². The summed E-state index contributed by atoms with van der Waals surface area (Å²) in [4.78, 5) is 29.1. The number of anilines is 1. The highest BCUT2D eigenvalue weighted by Gasteiger charge is 2.30. The van der Waals surface area contributed by atoms with Gasteiger partial charge in [0.1, 0.15) is 0 Å². The van der Waals surface area contributed by atoms with Crippen molar-refractivity contribution in [2.75, 3.05) is 4.90 Å². The van der Waals surface area contributed by atoms with Crippen molar-refractivity contribution < 1.29 is 18.0 Å². The van der Waals surface area contributed by atoms with Crippen LogP contribution in [0, 0.1) is 0 Å². The fourth-order valence-corrected chi connectivity index (χ4v) is 4.08. The molecule has 8 heteroatoms. The highest BCUT2D eigenvalue weighted by atomic mass is 32.2. The van der Waals surface area contributed by atoms with Gasteiger partial charge in [-0.15, -0.1) is 0 Å². The minimum atomic E-state index is -3.71. The van der Waals surface area contributed by atoms with Gasteiger partial charge in [0.2, 0.25) is 21.8 Å². The topological polar surface area (TPSA) is 96.4 Å². The van der Waals surface area contributed by atoms with Crippen molar-refractivity contribution in [1.82, 2.24) is 9.71 Å². The van der Waals surface area contributed by atoms with Crippen LogP contribution in [0.3, 0.4) is 0 Å². The van der Waals surface area contributed by atoms with E-state index in [-0.39, 0.29) is 36.1 Å². The lowest BCUT2D eigenvalue weighted by Gasteiger charge is -2.14. The average molecular weight is 385 g/mol. The predicted molar refractivity (Wildman–Crippen MR) is 98.4 cm³/mol. The van der Waals surface area contributed by atoms with Crippen LogP contribution in [0.2, 0.25) is 0 Å². The summed E-state index contributed by atoms with van der Waals surface area (Å²) in [6.07, 6.45) is 4.42. The van der Waals surface area contributed by atoms with Crippen LogP contribution in [0.5, 0.6) is 0 Å². The third kappa shape index (κ3) is 3.77. The molecule has 7 nitrogen and oxygen atoms in total. The molecule has 2 amide bonds. The van der Waals surface area contributed by atoms with Crippen molar-refractivity contribution in [2.45, 2.75) is 43.0 Å². The molecule has 0 atom stereocenters. The molecular weight excluding hydrogens is 366 g/mol. The average Bonchev–Trinajstić information content (AvgIpc) is 3.46. The molecule has 140 valence electrons. The number of amides is 2. The zero-order valence-electron chi connectivity index (χ0n) is 14.6. The molecule has 1 aliphatic heterocycles. The van der Waals surface area contributed by atoms with E-state index in [0.717, 1.165) is 16.2 Å². The van der Waals surface area contributed by atoms with E-state index in [4.69, 9.17) is 0 Å². The van der Waals surface area contributed by atoms with Gasteiger partial charge in [0.25, 0.3) is 0 Å². The van der Waals surface area contributed by atoms with Crippen LogP contribution in [0.4, 0.5) is 5.69 Å². The molecular formula is C19H19N3O4S. The molecule has 4 rings (SSSR count). The number of carbonyl (C=O) groups excluding carboxylic acids is 2. The summed E-state index contributed by atoms with van der Waals surface area (Å²) in [6, 6.07) is 9.57. The first-order chi connectivity index (χ1) is 12.9. The SMILES string of the molecule is O=C1CCC(=O)N1c1ccc(S(=O)(=O)NCc2ccc(C3CC3)nc2)cc1. The predicted octanol–water partition coefficient (Wildman–Crippen LogP) is 2.09. The second kappa shape index (κ2) is 6.86. The molecule has 1 N–H and O–H groups in total. The van der Waals surface area contributed by atoms with Crippen LogP contribution in [-0.4, -0.2) is 25.2 Å². The molecule has 0 unspecified atom stereocenters. The highest BCUT2D eigenvalue weighted by Crippen LogP contribution is 2.38. The first-order valence-corrected chi connectivity index (χ1v) is 10.3. The molecule has 2 heterocycles. The number of aromatic nitrogens is 1. The van der Waals surface area contributed by atoms with Crippen LogP contribution in [0.15, 0.2) is 47.5 Å². The van der Waals surface area contributed by atoms with Crippen LogP contribution >= 0.6 is 0 Å². The molecule has 0 radical (unpaired) electrons. The van der Waals surface area contributed by atoms with Crippen LogP contribution in [0.1, 0.15) is 42.9 Å². The number of imide groups is 1. The van der Waals surface area contributed by atoms with E-state index in [2.05, 4.69) is 9.71 Å². The van der Waals surface area contributed by atoms with Crippen molar-refractivity contribution in [2.24, 2.45) is 0 Å². The van der Waals surface area contributed by atoms with E-state index in [9.17, 15) is 18.0 Å². The molecule has 1 saturated heterocycles. The summed E-state index contributed by atoms with van der Waals surface area (Å²) >= 11 is 0. The summed E-state index contributed by atoms with van der Waals surface area (Å²) in [5.41, 5.74) is 2.23. The molecule has 2 aromatic rings. The lowest BCUT2D eigenvalue weighted by Crippen LogP contribution is -2.28.